The predicted octanol–water partition coefficient (Wildman–Crippen LogP) is -3.34. The summed E-state index contributed by atoms with van der Waals surface area (Å²) in [6, 6.07) is 0. The molecule has 0 aliphatic rings. The zero-order valence-electron chi connectivity index (χ0n) is 2.66. The summed E-state index contributed by atoms with van der Waals surface area (Å²) in [7, 11) is 0. The largest absolute Gasteiger partial charge is 2.00 e. The van der Waals surface area contributed by atoms with Crippen molar-refractivity contribution in [2.75, 3.05) is 0 Å². The van der Waals surface area contributed by atoms with E-state index in [1.54, 1.807) is 0 Å². The third-order valence-corrected chi connectivity index (χ3v) is 0. The van der Waals surface area contributed by atoms with Gasteiger partial charge in [0.2, 0.25) is 0 Å². The summed E-state index contributed by atoms with van der Waals surface area (Å²) in [6.07, 6.45) is 0. The second-order valence-corrected chi connectivity index (χ2v) is 0. The van der Waals surface area contributed by atoms with Crippen molar-refractivity contribution in [1.82, 2.24) is 0 Å². The molecule has 0 fully saturated rings. The minimum atomic E-state index is 0. The predicted molar refractivity (Wildman–Crippen MR) is 12.6 cm³/mol. The zero-order chi connectivity index (χ0) is 2.00. The van der Waals surface area contributed by atoms with Crippen LogP contribution in [0.4, 0.5) is 3.52 Å². The zero-order valence-corrected chi connectivity index (χ0v) is 7.29. The molecule has 4 heavy (non-hydrogen) atoms. The van der Waals surface area contributed by atoms with E-state index in [0.717, 1.165) is 16.7 Å². The molecular formula is AlFLiSr+5. The van der Waals surface area contributed by atoms with Crippen molar-refractivity contribution < 1.29 is 22.4 Å². The molecule has 0 unspecified atom stereocenters. The Morgan fingerprint density at radius 1 is 1.25 bits per heavy atom. The summed E-state index contributed by atoms with van der Waals surface area (Å²) < 4.78 is 9.42. The number of hydrogen-bond acceptors (Lipinski definition) is 0. The molecule has 4 heteroatoms. The minimum absolute atomic E-state index is 0. The smallest absolute Gasteiger partial charge is 1.00 e. The van der Waals surface area contributed by atoms with Gasteiger partial charge in [0, 0.05) is 0 Å². The van der Waals surface area contributed by atoms with Crippen molar-refractivity contribution in [1.29, 1.82) is 0 Å². The van der Waals surface area contributed by atoms with Crippen LogP contribution in [0.5, 0.6) is 0 Å². The van der Waals surface area contributed by atoms with Crippen LogP contribution in [0, 0.1) is 0 Å². The van der Waals surface area contributed by atoms with E-state index in [0.29, 0.717) is 0 Å². The summed E-state index contributed by atoms with van der Waals surface area (Å²) in [4.78, 5) is 0. The molecule has 0 spiro atoms. The van der Waals surface area contributed by atoms with Crippen LogP contribution in [-0.4, -0.2) is 62.2 Å². The third kappa shape index (κ3) is 8.82. The second kappa shape index (κ2) is 17.7. The van der Waals surface area contributed by atoms with E-state index in [1.807, 2.05) is 0 Å². The van der Waals surface area contributed by atoms with Gasteiger partial charge in [-0.1, -0.05) is 0 Å². The molecule has 0 bridgehead atoms. The maximum absolute atomic E-state index is 9.42. The summed E-state index contributed by atoms with van der Waals surface area (Å²) in [5.41, 5.74) is 0. The average Bonchev–Trinajstić information content (AvgIpc) is 1.00. The van der Waals surface area contributed by atoms with Crippen LogP contribution >= 0.6 is 0 Å². The van der Waals surface area contributed by atoms with Gasteiger partial charge >= 0.3 is 84.6 Å². The van der Waals surface area contributed by atoms with Crippen molar-refractivity contribution in [3.63, 3.8) is 0 Å². The van der Waals surface area contributed by atoms with Gasteiger partial charge in [-0.15, -0.1) is 0 Å². The molecule has 0 saturated heterocycles. The molecular weight excluding hydrogens is 141 g/mol. The molecule has 0 N–H and O–H groups in total. The Morgan fingerprint density at radius 3 is 1.25 bits per heavy atom. The molecule has 0 aliphatic heterocycles. The monoisotopic (exact) mass is 141 g/mol. The quantitative estimate of drug-likeness (QED) is 0.309. The van der Waals surface area contributed by atoms with E-state index in [1.165, 1.54) is 0 Å². The Kier molecular flexibility index (Phi) is 70.9. The topological polar surface area (TPSA) is 0 Å². The fourth-order valence-corrected chi connectivity index (χ4v) is 0. The molecule has 0 nitrogen and oxygen atoms in total. The van der Waals surface area contributed by atoms with Gasteiger partial charge in [-0.2, -0.15) is 0 Å². The molecule has 0 aromatic rings. The average molecular weight is 141 g/mol. The van der Waals surface area contributed by atoms with E-state index in [9.17, 15) is 3.52 Å². The van der Waals surface area contributed by atoms with Crippen molar-refractivity contribution in [3.05, 3.63) is 0 Å². The van der Waals surface area contributed by atoms with Gasteiger partial charge in [-0.25, -0.2) is 0 Å². The summed E-state index contributed by atoms with van der Waals surface area (Å²) in [5, 5.41) is 0. The van der Waals surface area contributed by atoms with Gasteiger partial charge < -0.3 is 0 Å². The van der Waals surface area contributed by atoms with Crippen molar-refractivity contribution >= 4 is 62.2 Å². The van der Waals surface area contributed by atoms with Gasteiger partial charge in [0.15, 0.2) is 0 Å². The van der Waals surface area contributed by atoms with Crippen LogP contribution in [0.15, 0.2) is 0 Å². The molecule has 8 valence electrons. The van der Waals surface area contributed by atoms with Crippen LogP contribution < -0.4 is 18.9 Å². The van der Waals surface area contributed by atoms with Crippen molar-refractivity contribution in [3.8, 4) is 0 Å². The summed E-state index contributed by atoms with van der Waals surface area (Å²) in [6.45, 7) is 0. The van der Waals surface area contributed by atoms with Crippen molar-refractivity contribution in [2.45, 2.75) is 0 Å². The number of halogens is 1. The number of rotatable bonds is 0. The molecule has 0 aromatic carbocycles. The normalized spacial score (nSPS) is 1.75. The SMILES string of the molecule is [F][Al+2].[Li+].[Sr+2]. The molecule has 0 radical (unpaired) electrons. The van der Waals surface area contributed by atoms with Gasteiger partial charge in [0.1, 0.15) is 0 Å². The third-order valence-electron chi connectivity index (χ3n) is 0. The summed E-state index contributed by atoms with van der Waals surface area (Å²) >= 11 is 0.917. The molecule has 0 atom stereocenters. The van der Waals surface area contributed by atoms with Crippen molar-refractivity contribution in [2.24, 2.45) is 0 Å². The first-order chi connectivity index (χ1) is 1.00. The molecule has 0 heterocycles. The molecule has 0 amide bonds. The van der Waals surface area contributed by atoms with E-state index in [2.05, 4.69) is 0 Å². The van der Waals surface area contributed by atoms with Crippen LogP contribution in [0.1, 0.15) is 0 Å². The summed E-state index contributed by atoms with van der Waals surface area (Å²) in [5.74, 6) is 0. The Balaban J connectivity index is -0.00000000500. The van der Waals surface area contributed by atoms with Crippen LogP contribution in [0.2, 0.25) is 0 Å². The molecule has 0 saturated carbocycles. The first-order valence-corrected chi connectivity index (χ1v) is 0.655. The molecule has 0 aliphatic carbocycles. The van der Waals surface area contributed by atoms with Crippen LogP contribution in [-0.2, 0) is 0 Å². The Labute approximate surface area is 82.9 Å². The fourth-order valence-electron chi connectivity index (χ4n) is 0. The Bertz CT molecular complexity index is 8.00. The maximum Gasteiger partial charge on any atom is 2.00 e. The van der Waals surface area contributed by atoms with E-state index in [4.69, 9.17) is 0 Å². The van der Waals surface area contributed by atoms with E-state index < -0.39 is 0 Å². The van der Waals surface area contributed by atoms with Gasteiger partial charge in [-0.3, -0.25) is 0 Å². The standard InChI is InChI=1S/Al.FH.Li.Sr/h;1H;;/q+3;;+1;+2/p-1. The molecule has 0 rings (SSSR count). The fraction of sp³-hybridized carbons (Fsp3) is 0. The van der Waals surface area contributed by atoms with Gasteiger partial charge in [0.25, 0.3) is 0 Å². The van der Waals surface area contributed by atoms with Gasteiger partial charge in [-0.05, 0) is 0 Å². The number of hydrogen-bond donors (Lipinski definition) is 0. The first-order valence-electron chi connectivity index (χ1n) is 0.218. The van der Waals surface area contributed by atoms with E-state index in [-0.39, 0.29) is 64.3 Å². The molecule has 0 aromatic heterocycles. The first kappa shape index (κ1) is 16.0. The maximum atomic E-state index is 9.42. The van der Waals surface area contributed by atoms with E-state index >= 15 is 0 Å². The Hall–Kier alpha value is 2.54. The second-order valence-electron chi connectivity index (χ2n) is 0. The van der Waals surface area contributed by atoms with Gasteiger partial charge in [0.05, 0.1) is 0 Å². The minimum Gasteiger partial charge on any atom is 1.00 e. The Morgan fingerprint density at radius 2 is 1.25 bits per heavy atom. The van der Waals surface area contributed by atoms with Crippen LogP contribution in [0.3, 0.4) is 0 Å². The van der Waals surface area contributed by atoms with Crippen LogP contribution in [0.25, 0.3) is 0 Å².